The molecule has 0 radical (unpaired) electrons. The maximum atomic E-state index is 4.18. The van der Waals surface area contributed by atoms with Crippen LogP contribution in [0.25, 0.3) is 0 Å². The Morgan fingerprint density at radius 3 is 2.27 bits per heavy atom. The van der Waals surface area contributed by atoms with Gasteiger partial charge in [0.1, 0.15) is 0 Å². The predicted octanol–water partition coefficient (Wildman–Crippen LogP) is 2.39. The molecule has 3 heteroatoms. The summed E-state index contributed by atoms with van der Waals surface area (Å²) in [6, 6.07) is 0. The Morgan fingerprint density at radius 1 is 1.27 bits per heavy atom. The Kier molecular flexibility index (Phi) is 6.37. The number of hydrogen-bond donors (Lipinski definition) is 2. The second-order valence-corrected chi connectivity index (χ2v) is 5.41. The van der Waals surface area contributed by atoms with Gasteiger partial charge in [-0.3, -0.25) is 4.99 Å². The lowest BCUT2D eigenvalue weighted by molar-refractivity contribution is 0.496. The quantitative estimate of drug-likeness (QED) is 0.427. The molecule has 0 aliphatic heterocycles. The lowest BCUT2D eigenvalue weighted by Crippen LogP contribution is -2.47. The predicted molar refractivity (Wildman–Crippen MR) is 68.3 cm³/mol. The fourth-order valence-electron chi connectivity index (χ4n) is 1.25. The second kappa shape index (κ2) is 6.70. The van der Waals surface area contributed by atoms with E-state index in [4.69, 9.17) is 0 Å². The summed E-state index contributed by atoms with van der Waals surface area (Å²) < 4.78 is 0. The number of hydrogen-bond acceptors (Lipinski definition) is 1. The zero-order valence-electron chi connectivity index (χ0n) is 11.1. The van der Waals surface area contributed by atoms with Crippen LogP contribution in [0.3, 0.4) is 0 Å². The molecule has 0 fully saturated rings. The summed E-state index contributed by atoms with van der Waals surface area (Å²) in [6.45, 7) is 11.9. The molecule has 0 heterocycles. The van der Waals surface area contributed by atoms with Gasteiger partial charge in [-0.1, -0.05) is 13.8 Å². The second-order valence-electron chi connectivity index (χ2n) is 5.41. The highest BCUT2D eigenvalue weighted by atomic mass is 15.2. The molecule has 0 aliphatic carbocycles. The molecule has 0 aromatic heterocycles. The molecule has 0 atom stereocenters. The van der Waals surface area contributed by atoms with Crippen molar-refractivity contribution in [3.05, 3.63) is 0 Å². The van der Waals surface area contributed by atoms with Crippen molar-refractivity contribution in [2.75, 3.05) is 13.6 Å². The van der Waals surface area contributed by atoms with Gasteiger partial charge in [-0.2, -0.15) is 0 Å². The zero-order valence-corrected chi connectivity index (χ0v) is 11.1. The van der Waals surface area contributed by atoms with Gasteiger partial charge in [-0.25, -0.2) is 0 Å². The normalized spacial score (nSPS) is 13.1. The van der Waals surface area contributed by atoms with E-state index in [-0.39, 0.29) is 5.54 Å². The van der Waals surface area contributed by atoms with Crippen LogP contribution in [0.5, 0.6) is 0 Å². The van der Waals surface area contributed by atoms with E-state index < -0.39 is 0 Å². The lowest BCUT2D eigenvalue weighted by atomic mass is 10.1. The van der Waals surface area contributed by atoms with Gasteiger partial charge in [0.05, 0.1) is 0 Å². The van der Waals surface area contributed by atoms with Gasteiger partial charge in [0.2, 0.25) is 0 Å². The van der Waals surface area contributed by atoms with Crippen LogP contribution >= 0.6 is 0 Å². The van der Waals surface area contributed by atoms with E-state index in [2.05, 4.69) is 50.2 Å². The van der Waals surface area contributed by atoms with Crippen molar-refractivity contribution in [2.45, 2.75) is 53.0 Å². The highest BCUT2D eigenvalue weighted by molar-refractivity contribution is 5.80. The molecule has 90 valence electrons. The maximum Gasteiger partial charge on any atom is 0.191 e. The first-order chi connectivity index (χ1) is 6.85. The molecular formula is C12H27N3. The van der Waals surface area contributed by atoms with E-state index in [1.807, 2.05) is 7.05 Å². The summed E-state index contributed by atoms with van der Waals surface area (Å²) >= 11 is 0. The number of guanidine groups is 1. The molecule has 0 bridgehead atoms. The first kappa shape index (κ1) is 14.3. The SMILES string of the molecule is CN=C(NCCCC(C)C)NC(C)(C)C. The van der Waals surface area contributed by atoms with E-state index in [0.717, 1.165) is 18.4 Å². The number of nitrogens with zero attached hydrogens (tertiary/aromatic N) is 1. The molecular weight excluding hydrogens is 186 g/mol. The van der Waals surface area contributed by atoms with Crippen LogP contribution in [0.1, 0.15) is 47.5 Å². The van der Waals surface area contributed by atoms with Crippen molar-refractivity contribution >= 4 is 5.96 Å². The monoisotopic (exact) mass is 213 g/mol. The van der Waals surface area contributed by atoms with Crippen molar-refractivity contribution in [3.8, 4) is 0 Å². The maximum absolute atomic E-state index is 4.18. The average Bonchev–Trinajstić information content (AvgIpc) is 2.08. The zero-order chi connectivity index (χ0) is 11.9. The Balaban J connectivity index is 3.74. The molecule has 3 nitrogen and oxygen atoms in total. The molecule has 0 amide bonds. The molecule has 0 rings (SSSR count). The summed E-state index contributed by atoms with van der Waals surface area (Å²) in [5, 5.41) is 6.65. The van der Waals surface area contributed by atoms with Crippen LogP contribution in [0, 0.1) is 5.92 Å². The van der Waals surface area contributed by atoms with Gasteiger partial charge in [-0.15, -0.1) is 0 Å². The summed E-state index contributed by atoms with van der Waals surface area (Å²) in [7, 11) is 1.81. The fourth-order valence-corrected chi connectivity index (χ4v) is 1.25. The highest BCUT2D eigenvalue weighted by Gasteiger charge is 2.10. The molecule has 0 saturated carbocycles. The fraction of sp³-hybridized carbons (Fsp3) is 0.917. The van der Waals surface area contributed by atoms with Crippen molar-refractivity contribution in [1.82, 2.24) is 10.6 Å². The Hall–Kier alpha value is -0.730. The Bertz CT molecular complexity index is 190. The van der Waals surface area contributed by atoms with Crippen molar-refractivity contribution in [1.29, 1.82) is 0 Å². The van der Waals surface area contributed by atoms with Gasteiger partial charge in [-0.05, 0) is 39.5 Å². The molecule has 15 heavy (non-hydrogen) atoms. The van der Waals surface area contributed by atoms with E-state index in [1.165, 1.54) is 12.8 Å². The van der Waals surface area contributed by atoms with E-state index in [0.29, 0.717) is 0 Å². The lowest BCUT2D eigenvalue weighted by Gasteiger charge is -2.23. The summed E-state index contributed by atoms with van der Waals surface area (Å²) in [5.41, 5.74) is 0.0693. The van der Waals surface area contributed by atoms with Crippen LogP contribution in [-0.4, -0.2) is 25.1 Å². The van der Waals surface area contributed by atoms with Gasteiger partial charge in [0, 0.05) is 19.1 Å². The minimum Gasteiger partial charge on any atom is -0.356 e. The molecule has 2 N–H and O–H groups in total. The topological polar surface area (TPSA) is 36.4 Å². The van der Waals surface area contributed by atoms with Crippen molar-refractivity contribution in [2.24, 2.45) is 10.9 Å². The van der Waals surface area contributed by atoms with E-state index >= 15 is 0 Å². The third-order valence-electron chi connectivity index (χ3n) is 1.97. The molecule has 0 aromatic rings. The third-order valence-corrected chi connectivity index (χ3v) is 1.97. The molecule has 0 unspecified atom stereocenters. The van der Waals surface area contributed by atoms with Crippen molar-refractivity contribution < 1.29 is 0 Å². The van der Waals surface area contributed by atoms with Gasteiger partial charge in [0.25, 0.3) is 0 Å². The van der Waals surface area contributed by atoms with Crippen molar-refractivity contribution in [3.63, 3.8) is 0 Å². The minimum absolute atomic E-state index is 0.0693. The van der Waals surface area contributed by atoms with E-state index in [1.54, 1.807) is 0 Å². The first-order valence-corrected chi connectivity index (χ1v) is 5.84. The van der Waals surface area contributed by atoms with Crippen LogP contribution in [0.4, 0.5) is 0 Å². The molecule has 0 saturated heterocycles. The Morgan fingerprint density at radius 2 is 1.87 bits per heavy atom. The smallest absolute Gasteiger partial charge is 0.191 e. The Labute approximate surface area is 94.7 Å². The average molecular weight is 213 g/mol. The summed E-state index contributed by atoms with van der Waals surface area (Å²) in [6.07, 6.45) is 2.46. The van der Waals surface area contributed by atoms with Crippen LogP contribution in [0.15, 0.2) is 4.99 Å². The highest BCUT2D eigenvalue weighted by Crippen LogP contribution is 2.02. The van der Waals surface area contributed by atoms with Gasteiger partial charge >= 0.3 is 0 Å². The first-order valence-electron chi connectivity index (χ1n) is 5.84. The summed E-state index contributed by atoms with van der Waals surface area (Å²) in [5.74, 6) is 1.68. The molecule has 0 spiro atoms. The van der Waals surface area contributed by atoms with Crippen LogP contribution < -0.4 is 10.6 Å². The van der Waals surface area contributed by atoms with E-state index in [9.17, 15) is 0 Å². The standard InChI is InChI=1S/C12H27N3/c1-10(2)8-7-9-14-11(13-6)15-12(3,4)5/h10H,7-9H2,1-6H3,(H2,13,14,15). The van der Waals surface area contributed by atoms with Crippen LogP contribution in [-0.2, 0) is 0 Å². The minimum atomic E-state index is 0.0693. The van der Waals surface area contributed by atoms with Gasteiger partial charge < -0.3 is 10.6 Å². The van der Waals surface area contributed by atoms with Crippen LogP contribution in [0.2, 0.25) is 0 Å². The third kappa shape index (κ3) is 9.57. The largest absolute Gasteiger partial charge is 0.356 e. The molecule has 0 aliphatic rings. The summed E-state index contributed by atoms with van der Waals surface area (Å²) in [4.78, 5) is 4.18. The van der Waals surface area contributed by atoms with Gasteiger partial charge in [0.15, 0.2) is 5.96 Å². The number of nitrogens with one attached hydrogen (secondary N) is 2. The molecule has 0 aromatic carbocycles. The number of aliphatic imine (C=N–C) groups is 1. The number of rotatable bonds is 4.